The van der Waals surface area contributed by atoms with Crippen molar-refractivity contribution in [2.24, 2.45) is 0 Å². The van der Waals surface area contributed by atoms with E-state index in [9.17, 15) is 4.79 Å². The number of rotatable bonds is 4. The van der Waals surface area contributed by atoms with Gasteiger partial charge in [0.05, 0.1) is 5.41 Å². The molecule has 0 unspecified atom stereocenters. The molecule has 0 aliphatic rings. The Morgan fingerprint density at radius 2 is 1.60 bits per heavy atom. The van der Waals surface area contributed by atoms with Gasteiger partial charge in [-0.05, 0) is 37.5 Å². The summed E-state index contributed by atoms with van der Waals surface area (Å²) in [4.78, 5) is 12.4. The lowest BCUT2D eigenvalue weighted by Crippen LogP contribution is -2.39. The minimum Gasteiger partial charge on any atom is -0.351 e. The summed E-state index contributed by atoms with van der Waals surface area (Å²) in [6, 6.07) is 18.0. The fourth-order valence-electron chi connectivity index (χ4n) is 2.19. The lowest BCUT2D eigenvalue weighted by molar-refractivity contribution is -0.125. The molecule has 20 heavy (non-hydrogen) atoms. The van der Waals surface area contributed by atoms with Crippen LogP contribution < -0.4 is 5.32 Å². The molecule has 2 aromatic carbocycles. The molecule has 104 valence electrons. The molecule has 0 saturated heterocycles. The number of aryl methyl sites for hydroxylation is 1. The summed E-state index contributed by atoms with van der Waals surface area (Å²) in [5.41, 5.74) is 2.86. The molecule has 0 fully saturated rings. The molecule has 0 aliphatic heterocycles. The Balaban J connectivity index is 2.07. The van der Waals surface area contributed by atoms with Gasteiger partial charge in [-0.15, -0.1) is 0 Å². The molecule has 0 aliphatic carbocycles. The van der Waals surface area contributed by atoms with E-state index >= 15 is 0 Å². The van der Waals surface area contributed by atoms with E-state index in [4.69, 9.17) is 0 Å². The van der Waals surface area contributed by atoms with Crippen LogP contribution in [0.5, 0.6) is 0 Å². The maximum Gasteiger partial charge on any atom is 0.230 e. The second kappa shape index (κ2) is 5.91. The summed E-state index contributed by atoms with van der Waals surface area (Å²) < 4.78 is 0. The molecule has 0 bridgehead atoms. The first kappa shape index (κ1) is 14.3. The number of carbonyl (C=O) groups is 1. The zero-order chi connectivity index (χ0) is 14.6. The van der Waals surface area contributed by atoms with Crippen LogP contribution in [0.4, 0.5) is 0 Å². The van der Waals surface area contributed by atoms with Crippen molar-refractivity contribution in [1.29, 1.82) is 0 Å². The summed E-state index contributed by atoms with van der Waals surface area (Å²) in [5, 5.41) is 3.04. The van der Waals surface area contributed by atoms with Crippen molar-refractivity contribution in [3.8, 4) is 0 Å². The molecule has 0 spiro atoms. The fraction of sp³-hybridized carbons (Fsp3) is 0.278. The highest BCUT2D eigenvalue weighted by atomic mass is 16.2. The molecular weight excluding hydrogens is 246 g/mol. The molecule has 0 heterocycles. The molecule has 2 rings (SSSR count). The Hall–Kier alpha value is -2.09. The summed E-state index contributed by atoms with van der Waals surface area (Å²) in [6.07, 6.45) is 0. The molecule has 2 aromatic rings. The fourth-order valence-corrected chi connectivity index (χ4v) is 2.19. The van der Waals surface area contributed by atoms with Crippen molar-refractivity contribution in [3.05, 3.63) is 71.3 Å². The van der Waals surface area contributed by atoms with Crippen LogP contribution in [-0.2, 0) is 16.8 Å². The number of amides is 1. The minimum absolute atomic E-state index is 0.0481. The number of hydrogen-bond acceptors (Lipinski definition) is 1. The Labute approximate surface area is 120 Å². The van der Waals surface area contributed by atoms with Crippen molar-refractivity contribution in [1.82, 2.24) is 5.32 Å². The molecule has 0 saturated carbocycles. The largest absolute Gasteiger partial charge is 0.351 e. The summed E-state index contributed by atoms with van der Waals surface area (Å²) in [6.45, 7) is 6.54. The highest BCUT2D eigenvalue weighted by molar-refractivity contribution is 5.87. The Bertz CT molecular complexity index is 587. The van der Waals surface area contributed by atoms with Crippen molar-refractivity contribution in [2.75, 3.05) is 0 Å². The summed E-state index contributed by atoms with van der Waals surface area (Å²) in [5.74, 6) is 0.0481. The van der Waals surface area contributed by atoms with Gasteiger partial charge in [0.2, 0.25) is 5.91 Å². The second-order valence-corrected chi connectivity index (χ2v) is 5.60. The monoisotopic (exact) mass is 267 g/mol. The maximum absolute atomic E-state index is 12.4. The number of hydrogen-bond donors (Lipinski definition) is 1. The summed E-state index contributed by atoms with van der Waals surface area (Å²) >= 11 is 0. The van der Waals surface area contributed by atoms with Gasteiger partial charge >= 0.3 is 0 Å². The Morgan fingerprint density at radius 3 is 2.25 bits per heavy atom. The van der Waals surface area contributed by atoms with Crippen molar-refractivity contribution < 1.29 is 4.79 Å². The van der Waals surface area contributed by atoms with Gasteiger partial charge in [-0.3, -0.25) is 4.79 Å². The van der Waals surface area contributed by atoms with E-state index in [1.807, 2.05) is 62.4 Å². The normalized spacial score (nSPS) is 11.2. The zero-order valence-corrected chi connectivity index (χ0v) is 12.3. The molecule has 0 radical (unpaired) electrons. The molecule has 2 nitrogen and oxygen atoms in total. The standard InChI is InChI=1S/C18H21NO/c1-14-9-7-8-10-15(14)13-19-17(20)18(2,3)16-11-5-4-6-12-16/h4-12H,13H2,1-3H3,(H,19,20). The average molecular weight is 267 g/mol. The van der Waals surface area contributed by atoms with Crippen LogP contribution in [0.1, 0.15) is 30.5 Å². The van der Waals surface area contributed by atoms with Crippen molar-refractivity contribution in [3.63, 3.8) is 0 Å². The van der Waals surface area contributed by atoms with Crippen molar-refractivity contribution in [2.45, 2.75) is 32.7 Å². The van der Waals surface area contributed by atoms with E-state index in [1.54, 1.807) is 0 Å². The zero-order valence-electron chi connectivity index (χ0n) is 12.3. The van der Waals surface area contributed by atoms with Crippen LogP contribution in [0.3, 0.4) is 0 Å². The van der Waals surface area contributed by atoms with E-state index in [1.165, 1.54) is 5.56 Å². The van der Waals surface area contributed by atoms with Crippen LogP contribution in [0.15, 0.2) is 54.6 Å². The number of carbonyl (C=O) groups excluding carboxylic acids is 1. The van der Waals surface area contributed by atoms with E-state index in [0.29, 0.717) is 6.54 Å². The molecule has 0 aromatic heterocycles. The van der Waals surface area contributed by atoms with Gasteiger partial charge in [-0.1, -0.05) is 54.6 Å². The molecule has 1 amide bonds. The third-order valence-electron chi connectivity index (χ3n) is 3.76. The molecule has 1 N–H and O–H groups in total. The predicted molar refractivity (Wildman–Crippen MR) is 82.5 cm³/mol. The average Bonchev–Trinajstić information content (AvgIpc) is 2.47. The third-order valence-corrected chi connectivity index (χ3v) is 3.76. The maximum atomic E-state index is 12.4. The smallest absolute Gasteiger partial charge is 0.230 e. The van der Waals surface area contributed by atoms with Gasteiger partial charge in [0, 0.05) is 6.54 Å². The predicted octanol–water partition coefficient (Wildman–Crippen LogP) is 3.59. The molecule has 0 atom stereocenters. The molecule has 2 heteroatoms. The van der Waals surface area contributed by atoms with Crippen LogP contribution in [-0.4, -0.2) is 5.91 Å². The Morgan fingerprint density at radius 1 is 1.00 bits per heavy atom. The van der Waals surface area contributed by atoms with Crippen LogP contribution in [0, 0.1) is 6.92 Å². The molecular formula is C18H21NO. The van der Waals surface area contributed by atoms with Gasteiger partial charge in [-0.2, -0.15) is 0 Å². The van der Waals surface area contributed by atoms with Crippen molar-refractivity contribution >= 4 is 5.91 Å². The third kappa shape index (κ3) is 3.08. The highest BCUT2D eigenvalue weighted by Crippen LogP contribution is 2.23. The SMILES string of the molecule is Cc1ccccc1CNC(=O)C(C)(C)c1ccccc1. The van der Waals surface area contributed by atoms with Gasteiger partial charge in [0.15, 0.2) is 0 Å². The second-order valence-electron chi connectivity index (χ2n) is 5.60. The van der Waals surface area contributed by atoms with Crippen LogP contribution in [0.2, 0.25) is 0 Å². The first-order valence-electron chi connectivity index (χ1n) is 6.90. The minimum atomic E-state index is -0.524. The highest BCUT2D eigenvalue weighted by Gasteiger charge is 2.29. The quantitative estimate of drug-likeness (QED) is 0.901. The van der Waals surface area contributed by atoms with E-state index in [-0.39, 0.29) is 5.91 Å². The van der Waals surface area contributed by atoms with Gasteiger partial charge < -0.3 is 5.32 Å². The number of benzene rings is 2. The van der Waals surface area contributed by atoms with Gasteiger partial charge in [0.25, 0.3) is 0 Å². The van der Waals surface area contributed by atoms with E-state index in [2.05, 4.69) is 18.3 Å². The lowest BCUT2D eigenvalue weighted by atomic mass is 9.83. The van der Waals surface area contributed by atoms with Crippen LogP contribution in [0.25, 0.3) is 0 Å². The van der Waals surface area contributed by atoms with Gasteiger partial charge in [-0.25, -0.2) is 0 Å². The van der Waals surface area contributed by atoms with E-state index < -0.39 is 5.41 Å². The Kier molecular flexibility index (Phi) is 4.23. The lowest BCUT2D eigenvalue weighted by Gasteiger charge is -2.24. The van der Waals surface area contributed by atoms with E-state index in [0.717, 1.165) is 11.1 Å². The first-order chi connectivity index (χ1) is 9.51. The summed E-state index contributed by atoms with van der Waals surface area (Å²) in [7, 11) is 0. The van der Waals surface area contributed by atoms with Crippen LogP contribution >= 0.6 is 0 Å². The number of nitrogens with one attached hydrogen (secondary N) is 1. The first-order valence-corrected chi connectivity index (χ1v) is 6.90. The van der Waals surface area contributed by atoms with Gasteiger partial charge in [0.1, 0.15) is 0 Å². The topological polar surface area (TPSA) is 29.1 Å².